The molecule has 1 aromatic heterocycles. The van der Waals surface area contributed by atoms with Crippen LogP contribution in [-0.4, -0.2) is 35.9 Å². The lowest BCUT2D eigenvalue weighted by Crippen LogP contribution is -2.12. The van der Waals surface area contributed by atoms with Crippen molar-refractivity contribution in [3.05, 3.63) is 5.82 Å². The zero-order valence-corrected chi connectivity index (χ0v) is 8.88. The van der Waals surface area contributed by atoms with Gasteiger partial charge in [0, 0.05) is 22.3 Å². The quantitative estimate of drug-likeness (QED) is 0.667. The average Bonchev–Trinajstić information content (AvgIpc) is 2.61. The smallest absolute Gasteiger partial charge is 0.166 e. The molecule has 13 heavy (non-hydrogen) atoms. The van der Waals surface area contributed by atoms with Crippen LogP contribution in [0.15, 0.2) is 0 Å². The van der Waals surface area contributed by atoms with Gasteiger partial charge in [0.2, 0.25) is 0 Å². The van der Waals surface area contributed by atoms with E-state index in [9.17, 15) is 4.21 Å². The lowest BCUT2D eigenvalue weighted by Gasteiger charge is -2.00. The van der Waals surface area contributed by atoms with Crippen molar-refractivity contribution in [1.29, 1.82) is 0 Å². The Kier molecular flexibility index (Phi) is 4.31. The molecule has 0 fully saturated rings. The van der Waals surface area contributed by atoms with Crippen molar-refractivity contribution in [2.45, 2.75) is 19.3 Å². The maximum Gasteiger partial charge on any atom is 0.166 e. The number of hydrogen-bond acceptors (Lipinski definition) is 4. The fourth-order valence-electron chi connectivity index (χ4n) is 0.825. The molecule has 0 N–H and O–H groups in total. The largest absolute Gasteiger partial charge is 0.260 e. The zero-order valence-electron chi connectivity index (χ0n) is 7.31. The summed E-state index contributed by atoms with van der Waals surface area (Å²) in [5, 5.41) is 10.9. The highest BCUT2D eigenvalue weighted by Gasteiger charge is 2.04. The monoisotopic (exact) mass is 222 g/mol. The summed E-state index contributed by atoms with van der Waals surface area (Å²) in [4.78, 5) is 0. The van der Waals surface area contributed by atoms with Gasteiger partial charge in [0.15, 0.2) is 5.82 Å². The first-order valence-corrected chi connectivity index (χ1v) is 5.96. The van der Waals surface area contributed by atoms with E-state index in [-0.39, 0.29) is 5.88 Å². The van der Waals surface area contributed by atoms with Crippen LogP contribution in [0.25, 0.3) is 0 Å². The summed E-state index contributed by atoms with van der Waals surface area (Å²) in [6, 6.07) is 0. The number of nitrogens with zero attached hydrogens (tertiary/aromatic N) is 4. The van der Waals surface area contributed by atoms with E-state index >= 15 is 0 Å². The molecule has 0 radical (unpaired) electrons. The van der Waals surface area contributed by atoms with Crippen LogP contribution in [0.2, 0.25) is 0 Å². The van der Waals surface area contributed by atoms with Crippen LogP contribution in [0.4, 0.5) is 0 Å². The Labute approximate surface area is 83.9 Å². The van der Waals surface area contributed by atoms with Gasteiger partial charge in [-0.15, -0.1) is 16.7 Å². The molecule has 0 saturated carbocycles. The van der Waals surface area contributed by atoms with Gasteiger partial charge in [-0.1, -0.05) is 6.92 Å². The molecule has 1 aromatic rings. The molecule has 1 unspecified atom stereocenters. The Bertz CT molecular complexity index is 290. The molecule has 0 amide bonds. The summed E-state index contributed by atoms with van der Waals surface area (Å²) in [6.45, 7) is 2.45. The highest BCUT2D eigenvalue weighted by atomic mass is 35.5. The van der Waals surface area contributed by atoms with E-state index in [4.69, 9.17) is 11.6 Å². The van der Waals surface area contributed by atoms with Crippen molar-refractivity contribution in [1.82, 2.24) is 20.2 Å². The fourth-order valence-corrected chi connectivity index (χ4v) is 1.68. The zero-order chi connectivity index (χ0) is 9.68. The van der Waals surface area contributed by atoms with E-state index in [1.54, 1.807) is 4.68 Å². The highest BCUT2D eigenvalue weighted by Crippen LogP contribution is 1.97. The van der Waals surface area contributed by atoms with Crippen LogP contribution in [0.3, 0.4) is 0 Å². The Morgan fingerprint density at radius 1 is 1.62 bits per heavy atom. The minimum absolute atomic E-state index is 0.283. The molecule has 0 bridgehead atoms. The molecule has 0 spiro atoms. The van der Waals surface area contributed by atoms with Crippen LogP contribution in [-0.2, 0) is 23.2 Å². The predicted molar refractivity (Wildman–Crippen MR) is 50.9 cm³/mol. The van der Waals surface area contributed by atoms with Gasteiger partial charge < -0.3 is 0 Å². The van der Waals surface area contributed by atoms with Gasteiger partial charge in [0.25, 0.3) is 0 Å². The second-order valence-electron chi connectivity index (χ2n) is 2.38. The molecule has 1 rings (SSSR count). The molecule has 0 aliphatic heterocycles. The topological polar surface area (TPSA) is 60.7 Å². The van der Waals surface area contributed by atoms with E-state index in [2.05, 4.69) is 15.5 Å². The van der Waals surface area contributed by atoms with Gasteiger partial charge in [-0.25, -0.2) is 4.68 Å². The number of hydrogen-bond donors (Lipinski definition) is 0. The Hall–Kier alpha value is -0.490. The summed E-state index contributed by atoms with van der Waals surface area (Å²) in [5.41, 5.74) is 0. The summed E-state index contributed by atoms with van der Waals surface area (Å²) in [5.74, 6) is 2.14. The highest BCUT2D eigenvalue weighted by molar-refractivity contribution is 7.84. The Balaban J connectivity index is 2.49. The molecule has 0 aliphatic carbocycles. The van der Waals surface area contributed by atoms with E-state index < -0.39 is 10.8 Å². The summed E-state index contributed by atoms with van der Waals surface area (Å²) >= 11 is 5.58. The fraction of sp³-hybridized carbons (Fsp3) is 0.833. The minimum atomic E-state index is -0.781. The molecule has 1 heterocycles. The van der Waals surface area contributed by atoms with Crippen LogP contribution >= 0.6 is 11.6 Å². The summed E-state index contributed by atoms with van der Waals surface area (Å²) in [7, 11) is -0.781. The molecule has 74 valence electrons. The third-order valence-corrected chi connectivity index (χ3v) is 3.10. The van der Waals surface area contributed by atoms with Crippen LogP contribution in [0, 0.1) is 0 Å². The number of aromatic nitrogens is 4. The van der Waals surface area contributed by atoms with Crippen molar-refractivity contribution in [2.75, 3.05) is 11.5 Å². The number of alkyl halides is 1. The molecule has 0 saturated heterocycles. The second-order valence-corrected chi connectivity index (χ2v) is 4.52. The van der Waals surface area contributed by atoms with Crippen molar-refractivity contribution in [2.24, 2.45) is 0 Å². The average molecular weight is 223 g/mol. The van der Waals surface area contributed by atoms with Gasteiger partial charge in [-0.3, -0.25) is 4.21 Å². The van der Waals surface area contributed by atoms with Gasteiger partial charge in [0.05, 0.1) is 12.4 Å². The van der Waals surface area contributed by atoms with Crippen molar-refractivity contribution >= 4 is 22.4 Å². The number of aryl methyl sites for hydroxylation is 1. The maximum absolute atomic E-state index is 11.1. The van der Waals surface area contributed by atoms with E-state index in [0.717, 1.165) is 0 Å². The van der Waals surface area contributed by atoms with E-state index in [0.29, 0.717) is 23.9 Å². The summed E-state index contributed by atoms with van der Waals surface area (Å²) < 4.78 is 12.7. The third kappa shape index (κ3) is 3.04. The van der Waals surface area contributed by atoms with Crippen LogP contribution < -0.4 is 0 Å². The van der Waals surface area contributed by atoms with E-state index in [1.807, 2.05) is 6.92 Å². The molecule has 0 aliphatic rings. The SMILES string of the molecule is CCS(=O)CCn1nnnc1CCl. The standard InChI is InChI=1S/C6H11ClN4OS/c1-2-13(12)4-3-11-6(5-7)8-9-10-11/h2-5H2,1H3. The van der Waals surface area contributed by atoms with Crippen molar-refractivity contribution in [3.8, 4) is 0 Å². The van der Waals surface area contributed by atoms with Gasteiger partial charge in [-0.2, -0.15) is 0 Å². The van der Waals surface area contributed by atoms with Crippen molar-refractivity contribution in [3.63, 3.8) is 0 Å². The molecular formula is C6H11ClN4OS. The normalized spacial score (nSPS) is 13.1. The first-order valence-electron chi connectivity index (χ1n) is 3.94. The number of tetrazole rings is 1. The first kappa shape index (κ1) is 10.6. The molecule has 0 aromatic carbocycles. The lowest BCUT2D eigenvalue weighted by molar-refractivity contribution is 0.605. The number of halogens is 1. The van der Waals surface area contributed by atoms with Crippen LogP contribution in [0.1, 0.15) is 12.7 Å². The summed E-state index contributed by atoms with van der Waals surface area (Å²) in [6.07, 6.45) is 0. The first-order chi connectivity index (χ1) is 6.27. The molecule has 5 nitrogen and oxygen atoms in total. The van der Waals surface area contributed by atoms with Gasteiger partial charge in [-0.05, 0) is 10.4 Å². The third-order valence-electron chi connectivity index (χ3n) is 1.58. The molecule has 7 heteroatoms. The molecular weight excluding hydrogens is 212 g/mol. The van der Waals surface area contributed by atoms with Crippen molar-refractivity contribution < 1.29 is 4.21 Å². The predicted octanol–water partition coefficient (Wildman–Crippen LogP) is 0.180. The number of rotatable bonds is 5. The minimum Gasteiger partial charge on any atom is -0.260 e. The second kappa shape index (κ2) is 5.29. The molecule has 1 atom stereocenters. The Morgan fingerprint density at radius 3 is 3.00 bits per heavy atom. The van der Waals surface area contributed by atoms with Gasteiger partial charge in [0.1, 0.15) is 0 Å². The Morgan fingerprint density at radius 2 is 2.38 bits per heavy atom. The van der Waals surface area contributed by atoms with E-state index in [1.165, 1.54) is 0 Å². The maximum atomic E-state index is 11.1. The van der Waals surface area contributed by atoms with Crippen LogP contribution in [0.5, 0.6) is 0 Å². The van der Waals surface area contributed by atoms with Gasteiger partial charge >= 0.3 is 0 Å². The lowest BCUT2D eigenvalue weighted by atomic mass is 10.6.